The van der Waals surface area contributed by atoms with E-state index < -0.39 is 17.7 Å². The molecule has 0 fully saturated rings. The third-order valence-electron chi connectivity index (χ3n) is 3.26. The monoisotopic (exact) mass is 325 g/mol. The van der Waals surface area contributed by atoms with Gasteiger partial charge in [0.25, 0.3) is 0 Å². The molecule has 0 bridgehead atoms. The fourth-order valence-corrected chi connectivity index (χ4v) is 2.41. The van der Waals surface area contributed by atoms with E-state index in [-0.39, 0.29) is 11.1 Å². The standard InChI is InChI=1S/C15H14BrF2N/c1-8-6-14(18)11(7-13(8)17)15(19)10-4-3-5-12(16)9(10)2/h3-7,15H,19H2,1-2H3. The van der Waals surface area contributed by atoms with Crippen molar-refractivity contribution in [3.05, 3.63) is 68.7 Å². The Bertz CT molecular complexity index is 626. The fourth-order valence-electron chi connectivity index (χ4n) is 2.03. The van der Waals surface area contributed by atoms with Crippen LogP contribution in [0.15, 0.2) is 34.8 Å². The Morgan fingerprint density at radius 2 is 1.74 bits per heavy atom. The first-order valence-corrected chi connectivity index (χ1v) is 6.67. The molecule has 2 aromatic rings. The van der Waals surface area contributed by atoms with Crippen LogP contribution in [0.2, 0.25) is 0 Å². The Balaban J connectivity index is 2.53. The molecule has 1 atom stereocenters. The van der Waals surface area contributed by atoms with E-state index in [2.05, 4.69) is 15.9 Å². The zero-order chi connectivity index (χ0) is 14.2. The number of benzene rings is 2. The highest BCUT2D eigenvalue weighted by Gasteiger charge is 2.18. The lowest BCUT2D eigenvalue weighted by Crippen LogP contribution is -2.15. The van der Waals surface area contributed by atoms with Crippen molar-refractivity contribution in [1.82, 2.24) is 0 Å². The average Bonchev–Trinajstić information content (AvgIpc) is 2.36. The molecule has 1 nitrogen and oxygen atoms in total. The summed E-state index contributed by atoms with van der Waals surface area (Å²) in [6.07, 6.45) is 0. The minimum absolute atomic E-state index is 0.171. The highest BCUT2D eigenvalue weighted by Crippen LogP contribution is 2.29. The summed E-state index contributed by atoms with van der Waals surface area (Å²) in [5.41, 5.74) is 8.23. The van der Waals surface area contributed by atoms with E-state index >= 15 is 0 Å². The van der Waals surface area contributed by atoms with Gasteiger partial charge in [0.15, 0.2) is 0 Å². The number of hydrogen-bond donors (Lipinski definition) is 1. The number of hydrogen-bond acceptors (Lipinski definition) is 1. The minimum atomic E-state index is -0.687. The second-order valence-corrected chi connectivity index (χ2v) is 5.41. The summed E-state index contributed by atoms with van der Waals surface area (Å²) >= 11 is 3.41. The Kier molecular flexibility index (Phi) is 4.02. The Morgan fingerprint density at radius 1 is 1.05 bits per heavy atom. The number of nitrogens with two attached hydrogens (primary N) is 1. The number of rotatable bonds is 2. The van der Waals surface area contributed by atoms with E-state index in [1.807, 2.05) is 25.1 Å². The van der Waals surface area contributed by atoms with E-state index in [9.17, 15) is 8.78 Å². The largest absolute Gasteiger partial charge is 0.320 e. The highest BCUT2D eigenvalue weighted by atomic mass is 79.9. The van der Waals surface area contributed by atoms with Gasteiger partial charge < -0.3 is 5.73 Å². The van der Waals surface area contributed by atoms with Crippen molar-refractivity contribution in [2.75, 3.05) is 0 Å². The van der Waals surface area contributed by atoms with Crippen LogP contribution in [0.1, 0.15) is 28.3 Å². The van der Waals surface area contributed by atoms with Crippen LogP contribution in [0, 0.1) is 25.5 Å². The normalized spacial score (nSPS) is 12.5. The third-order valence-corrected chi connectivity index (χ3v) is 4.12. The molecule has 2 rings (SSSR count). The maximum Gasteiger partial charge on any atom is 0.128 e. The molecule has 0 aliphatic carbocycles. The zero-order valence-electron chi connectivity index (χ0n) is 10.7. The summed E-state index contributed by atoms with van der Waals surface area (Å²) in [4.78, 5) is 0. The molecule has 2 N–H and O–H groups in total. The average molecular weight is 326 g/mol. The molecule has 0 saturated heterocycles. The quantitative estimate of drug-likeness (QED) is 0.870. The first-order chi connectivity index (χ1) is 8.91. The van der Waals surface area contributed by atoms with Crippen molar-refractivity contribution < 1.29 is 8.78 Å². The number of halogens is 3. The summed E-state index contributed by atoms with van der Waals surface area (Å²) in [5, 5.41) is 0. The molecule has 100 valence electrons. The van der Waals surface area contributed by atoms with Crippen LogP contribution >= 0.6 is 15.9 Å². The molecule has 4 heteroatoms. The van der Waals surface area contributed by atoms with Gasteiger partial charge in [0.05, 0.1) is 6.04 Å². The van der Waals surface area contributed by atoms with Crippen molar-refractivity contribution in [3.8, 4) is 0 Å². The van der Waals surface area contributed by atoms with Gasteiger partial charge in [-0.25, -0.2) is 8.78 Å². The molecule has 1 unspecified atom stereocenters. The van der Waals surface area contributed by atoms with Crippen LogP contribution in [-0.2, 0) is 0 Å². The smallest absolute Gasteiger partial charge is 0.128 e. The van der Waals surface area contributed by atoms with Gasteiger partial charge >= 0.3 is 0 Å². The van der Waals surface area contributed by atoms with E-state index in [1.165, 1.54) is 19.1 Å². The predicted octanol–water partition coefficient (Wildman–Crippen LogP) is 4.39. The summed E-state index contributed by atoms with van der Waals surface area (Å²) in [5.74, 6) is -0.926. The highest BCUT2D eigenvalue weighted by molar-refractivity contribution is 9.10. The minimum Gasteiger partial charge on any atom is -0.320 e. The van der Waals surface area contributed by atoms with Gasteiger partial charge in [-0.3, -0.25) is 0 Å². The predicted molar refractivity (Wildman–Crippen MR) is 76.0 cm³/mol. The number of aryl methyl sites for hydroxylation is 1. The topological polar surface area (TPSA) is 26.0 Å². The molecule has 2 aromatic carbocycles. The van der Waals surface area contributed by atoms with Gasteiger partial charge in [0.1, 0.15) is 11.6 Å². The third kappa shape index (κ3) is 2.69. The van der Waals surface area contributed by atoms with E-state index in [0.717, 1.165) is 15.6 Å². The fraction of sp³-hybridized carbons (Fsp3) is 0.200. The van der Waals surface area contributed by atoms with Crippen LogP contribution in [-0.4, -0.2) is 0 Å². The molecule has 0 radical (unpaired) electrons. The lowest BCUT2D eigenvalue weighted by molar-refractivity contribution is 0.570. The summed E-state index contributed by atoms with van der Waals surface area (Å²) in [6.45, 7) is 3.42. The van der Waals surface area contributed by atoms with E-state index in [4.69, 9.17) is 5.73 Å². The van der Waals surface area contributed by atoms with Crippen molar-refractivity contribution in [2.45, 2.75) is 19.9 Å². The first kappa shape index (κ1) is 14.2. The van der Waals surface area contributed by atoms with Gasteiger partial charge in [-0.2, -0.15) is 0 Å². The van der Waals surface area contributed by atoms with Crippen molar-refractivity contribution >= 4 is 15.9 Å². The maximum absolute atomic E-state index is 13.9. The van der Waals surface area contributed by atoms with Crippen LogP contribution in [0.5, 0.6) is 0 Å². The van der Waals surface area contributed by atoms with Gasteiger partial charge in [0, 0.05) is 10.0 Å². The van der Waals surface area contributed by atoms with Gasteiger partial charge in [-0.15, -0.1) is 0 Å². The lowest BCUT2D eigenvalue weighted by atomic mass is 9.94. The molecule has 0 heterocycles. The maximum atomic E-state index is 13.9. The van der Waals surface area contributed by atoms with E-state index in [0.29, 0.717) is 0 Å². The Morgan fingerprint density at radius 3 is 2.42 bits per heavy atom. The second-order valence-electron chi connectivity index (χ2n) is 4.55. The molecule has 0 aromatic heterocycles. The van der Waals surface area contributed by atoms with Crippen LogP contribution in [0.3, 0.4) is 0 Å². The molecule has 0 amide bonds. The molecule has 19 heavy (non-hydrogen) atoms. The SMILES string of the molecule is Cc1cc(F)c(C(N)c2cccc(Br)c2C)cc1F. The molecule has 0 spiro atoms. The molecular formula is C15H14BrF2N. The summed E-state index contributed by atoms with van der Waals surface area (Å²) in [6, 6.07) is 7.20. The van der Waals surface area contributed by atoms with Crippen molar-refractivity contribution in [3.63, 3.8) is 0 Å². The Labute approximate surface area is 119 Å². The van der Waals surface area contributed by atoms with Crippen LogP contribution in [0.4, 0.5) is 8.78 Å². The molecule has 0 aliphatic heterocycles. The first-order valence-electron chi connectivity index (χ1n) is 5.88. The van der Waals surface area contributed by atoms with Gasteiger partial charge in [0.2, 0.25) is 0 Å². The second kappa shape index (κ2) is 5.39. The summed E-state index contributed by atoms with van der Waals surface area (Å²) < 4.78 is 28.4. The van der Waals surface area contributed by atoms with Crippen LogP contribution < -0.4 is 5.73 Å². The van der Waals surface area contributed by atoms with Gasteiger partial charge in [-0.05, 0) is 48.7 Å². The van der Waals surface area contributed by atoms with Crippen molar-refractivity contribution in [1.29, 1.82) is 0 Å². The molecule has 0 saturated carbocycles. The summed E-state index contributed by atoms with van der Waals surface area (Å²) in [7, 11) is 0. The lowest BCUT2D eigenvalue weighted by Gasteiger charge is -2.17. The van der Waals surface area contributed by atoms with Crippen molar-refractivity contribution in [2.24, 2.45) is 5.73 Å². The Hall–Kier alpha value is -1.26. The zero-order valence-corrected chi connectivity index (χ0v) is 12.3. The van der Waals surface area contributed by atoms with E-state index in [1.54, 1.807) is 0 Å². The van der Waals surface area contributed by atoms with Gasteiger partial charge in [-0.1, -0.05) is 28.1 Å². The van der Waals surface area contributed by atoms with Crippen LogP contribution in [0.25, 0.3) is 0 Å². The molecule has 0 aliphatic rings. The molecular weight excluding hydrogens is 312 g/mol.